The quantitative estimate of drug-likeness (QED) is 0.474. The van der Waals surface area contributed by atoms with E-state index in [9.17, 15) is 39.0 Å². The Morgan fingerprint density at radius 3 is 2.26 bits per heavy atom. The van der Waals surface area contributed by atoms with E-state index >= 15 is 0 Å². The highest BCUT2D eigenvalue weighted by Gasteiger charge is 2.57. The summed E-state index contributed by atoms with van der Waals surface area (Å²) in [6.07, 6.45) is -0.00564. The number of phenolic OH excluding ortho intramolecular Hbond substituents is 1. The molecule has 2 aromatic rings. The van der Waals surface area contributed by atoms with Crippen molar-refractivity contribution in [2.24, 2.45) is 35.3 Å². The lowest BCUT2D eigenvalue weighted by atomic mass is 9.56. The Balaban J connectivity index is 1.47. The molecule has 3 aliphatic carbocycles. The first-order valence-electron chi connectivity index (χ1n) is 13.1. The molecular weight excluding hydrogens is 502 g/mol. The van der Waals surface area contributed by atoms with Gasteiger partial charge in [0.25, 0.3) is 0 Å². The van der Waals surface area contributed by atoms with Gasteiger partial charge in [0.1, 0.15) is 11.5 Å². The zero-order valence-corrected chi connectivity index (χ0v) is 21.4. The number of nitrogens with two attached hydrogens (primary N) is 1. The summed E-state index contributed by atoms with van der Waals surface area (Å²) in [6, 6.07) is 10.3. The second-order valence-electron chi connectivity index (χ2n) is 11.0. The van der Waals surface area contributed by atoms with Gasteiger partial charge in [-0.1, -0.05) is 30.3 Å². The molecule has 1 amide bonds. The number of aromatic hydroxyl groups is 1. The molecule has 6 unspecified atom stereocenters. The largest absolute Gasteiger partial charge is 0.507 e. The highest BCUT2D eigenvalue weighted by molar-refractivity contribution is 6.27. The smallest absolute Gasteiger partial charge is 0.235 e. The summed E-state index contributed by atoms with van der Waals surface area (Å²) in [5.74, 6) is -9.10. The van der Waals surface area contributed by atoms with E-state index in [-0.39, 0.29) is 42.8 Å². The molecule has 2 aromatic carbocycles. The summed E-state index contributed by atoms with van der Waals surface area (Å²) >= 11 is 0. The van der Waals surface area contributed by atoms with Crippen molar-refractivity contribution in [2.75, 3.05) is 0 Å². The van der Waals surface area contributed by atoms with Crippen LogP contribution in [-0.2, 0) is 36.8 Å². The van der Waals surface area contributed by atoms with E-state index in [0.29, 0.717) is 17.5 Å². The van der Waals surface area contributed by atoms with E-state index in [1.165, 1.54) is 6.07 Å². The summed E-state index contributed by atoms with van der Waals surface area (Å²) in [5.41, 5.74) is 8.14. The van der Waals surface area contributed by atoms with E-state index in [0.717, 1.165) is 11.1 Å². The molecule has 2 fully saturated rings. The van der Waals surface area contributed by atoms with Crippen molar-refractivity contribution in [2.45, 2.75) is 45.1 Å². The molecule has 0 spiro atoms. The number of carbonyl (C=O) groups excluding carboxylic acids is 6. The van der Waals surface area contributed by atoms with Crippen molar-refractivity contribution in [1.29, 1.82) is 0 Å². The minimum Gasteiger partial charge on any atom is -0.507 e. The van der Waals surface area contributed by atoms with Gasteiger partial charge in [-0.2, -0.15) is 0 Å². The third-order valence-electron chi connectivity index (χ3n) is 8.30. The molecule has 6 atom stereocenters. The minimum absolute atomic E-state index is 0.0440. The number of phenols is 1. The van der Waals surface area contributed by atoms with Crippen LogP contribution in [0.3, 0.4) is 0 Å². The second kappa shape index (κ2) is 9.96. The Morgan fingerprint density at radius 2 is 1.62 bits per heavy atom. The number of primary amides is 1. The maximum Gasteiger partial charge on any atom is 0.235 e. The van der Waals surface area contributed by atoms with Crippen LogP contribution in [0, 0.1) is 29.6 Å². The van der Waals surface area contributed by atoms with Gasteiger partial charge in [0.05, 0.1) is 23.5 Å². The predicted molar refractivity (Wildman–Crippen MR) is 137 cm³/mol. The standard InChI is InChI=1S/C30H29NO8/c1-13(32)8-18(33)9-14-2-4-15(5-3-14)19-6-7-21(34)25-20(19)11-16-10-17-12-22(35)26(30(31)39)29(38)24(17)27(36)23(16)28(25)37/h2-7,13,16-17,23-24,26,32,34H,8-12H2,1H3,(H2,31,39). The second-order valence-corrected chi connectivity index (χ2v) is 11.0. The van der Waals surface area contributed by atoms with Gasteiger partial charge >= 0.3 is 0 Å². The van der Waals surface area contributed by atoms with Crippen LogP contribution in [0.1, 0.15) is 47.7 Å². The highest BCUT2D eigenvalue weighted by atomic mass is 16.3. The first-order chi connectivity index (χ1) is 18.5. The molecule has 0 saturated heterocycles. The van der Waals surface area contributed by atoms with E-state index in [2.05, 4.69) is 0 Å². The lowest BCUT2D eigenvalue weighted by Crippen LogP contribution is -2.56. The lowest BCUT2D eigenvalue weighted by molar-refractivity contribution is -0.152. The Kier molecular flexibility index (Phi) is 6.80. The number of aliphatic hydroxyl groups excluding tert-OH is 1. The first kappa shape index (κ1) is 26.6. The molecule has 202 valence electrons. The van der Waals surface area contributed by atoms with Crippen LogP contribution in [0.4, 0.5) is 0 Å². The van der Waals surface area contributed by atoms with Gasteiger partial charge in [-0.3, -0.25) is 28.8 Å². The van der Waals surface area contributed by atoms with Gasteiger partial charge in [0.15, 0.2) is 29.1 Å². The molecule has 2 saturated carbocycles. The van der Waals surface area contributed by atoms with Gasteiger partial charge in [0, 0.05) is 19.3 Å². The molecule has 4 N–H and O–H groups in total. The van der Waals surface area contributed by atoms with E-state index in [4.69, 9.17) is 5.73 Å². The molecule has 3 aliphatic rings. The van der Waals surface area contributed by atoms with Crippen LogP contribution in [0.15, 0.2) is 36.4 Å². The van der Waals surface area contributed by atoms with Gasteiger partial charge in [0.2, 0.25) is 5.91 Å². The Morgan fingerprint density at radius 1 is 0.949 bits per heavy atom. The number of amides is 1. The van der Waals surface area contributed by atoms with Crippen molar-refractivity contribution in [1.82, 2.24) is 0 Å². The molecule has 0 heterocycles. The Labute approximate surface area is 224 Å². The summed E-state index contributed by atoms with van der Waals surface area (Å²) in [6.45, 7) is 1.56. The third-order valence-corrected chi connectivity index (χ3v) is 8.30. The Bertz CT molecular complexity index is 1420. The number of aliphatic hydroxyl groups is 1. The molecule has 9 heteroatoms. The van der Waals surface area contributed by atoms with Crippen LogP contribution >= 0.6 is 0 Å². The summed E-state index contributed by atoms with van der Waals surface area (Å²) in [7, 11) is 0. The predicted octanol–water partition coefficient (Wildman–Crippen LogP) is 1.76. The van der Waals surface area contributed by atoms with Crippen molar-refractivity contribution in [3.63, 3.8) is 0 Å². The van der Waals surface area contributed by atoms with Crippen molar-refractivity contribution >= 4 is 34.8 Å². The number of carbonyl (C=O) groups is 6. The van der Waals surface area contributed by atoms with Crippen LogP contribution in [-0.4, -0.2) is 51.1 Å². The highest BCUT2D eigenvalue weighted by Crippen LogP contribution is 2.49. The van der Waals surface area contributed by atoms with Crippen molar-refractivity contribution < 1.29 is 39.0 Å². The van der Waals surface area contributed by atoms with Gasteiger partial charge < -0.3 is 15.9 Å². The van der Waals surface area contributed by atoms with Gasteiger partial charge in [-0.25, -0.2) is 0 Å². The van der Waals surface area contributed by atoms with E-state index in [1.807, 2.05) is 12.1 Å². The average molecular weight is 532 g/mol. The normalized spacial score (nSPS) is 26.9. The molecular formula is C30H29NO8. The minimum atomic E-state index is -1.66. The number of ketones is 5. The molecule has 0 bridgehead atoms. The number of fused-ring (bicyclic) bond motifs is 3. The average Bonchev–Trinajstić information content (AvgIpc) is 2.83. The molecule has 9 nitrogen and oxygen atoms in total. The summed E-state index contributed by atoms with van der Waals surface area (Å²) < 4.78 is 0. The monoisotopic (exact) mass is 531 g/mol. The van der Waals surface area contributed by atoms with Crippen molar-refractivity contribution in [3.05, 3.63) is 53.1 Å². The zero-order chi connectivity index (χ0) is 28.2. The fourth-order valence-corrected chi connectivity index (χ4v) is 6.69. The lowest BCUT2D eigenvalue weighted by Gasteiger charge is -2.44. The number of hydrogen-bond acceptors (Lipinski definition) is 8. The number of rotatable bonds is 6. The van der Waals surface area contributed by atoms with Crippen LogP contribution in [0.25, 0.3) is 11.1 Å². The fourth-order valence-electron chi connectivity index (χ4n) is 6.69. The third kappa shape index (κ3) is 4.61. The molecule has 0 radical (unpaired) electrons. The maximum atomic E-state index is 13.7. The van der Waals surface area contributed by atoms with Gasteiger partial charge in [-0.15, -0.1) is 0 Å². The number of hydrogen-bond donors (Lipinski definition) is 3. The SMILES string of the molecule is CC(O)CC(=O)Cc1ccc(-c2ccc(O)c3c2CC2CC4CC(=O)C(C(N)=O)C(=O)C4C(=O)C2C3=O)cc1. The molecule has 0 aromatic heterocycles. The molecule has 39 heavy (non-hydrogen) atoms. The van der Waals surface area contributed by atoms with E-state index < -0.39 is 64.7 Å². The number of benzene rings is 2. The summed E-state index contributed by atoms with van der Waals surface area (Å²) in [5, 5.41) is 20.1. The first-order valence-corrected chi connectivity index (χ1v) is 13.1. The topological polar surface area (TPSA) is 169 Å². The summed E-state index contributed by atoms with van der Waals surface area (Å²) in [4.78, 5) is 76.5. The van der Waals surface area contributed by atoms with E-state index in [1.54, 1.807) is 25.1 Å². The fraction of sp³-hybridized carbons (Fsp3) is 0.400. The van der Waals surface area contributed by atoms with Crippen LogP contribution < -0.4 is 5.73 Å². The van der Waals surface area contributed by atoms with Crippen LogP contribution in [0.5, 0.6) is 5.75 Å². The zero-order valence-electron chi connectivity index (χ0n) is 21.4. The van der Waals surface area contributed by atoms with Crippen molar-refractivity contribution in [3.8, 4) is 16.9 Å². The van der Waals surface area contributed by atoms with Gasteiger partial charge in [-0.05, 0) is 59.9 Å². The maximum absolute atomic E-state index is 13.7. The Hall–Kier alpha value is -3.98. The number of Topliss-reactive ketones (excluding diaryl/α,β-unsaturated/α-hetero) is 5. The van der Waals surface area contributed by atoms with Crippen LogP contribution in [0.2, 0.25) is 0 Å². The molecule has 0 aliphatic heterocycles. The molecule has 5 rings (SSSR count).